The summed E-state index contributed by atoms with van der Waals surface area (Å²) in [4.78, 5) is 0. The van der Waals surface area contributed by atoms with Crippen molar-refractivity contribution in [3.8, 4) is 0 Å². The molecule has 2 aliphatic rings. The Morgan fingerprint density at radius 2 is 1.05 bits per heavy atom. The van der Waals surface area contributed by atoms with Gasteiger partial charge >= 0.3 is 0 Å². The lowest BCUT2D eigenvalue weighted by Crippen LogP contribution is -2.20. The number of hydrogen-bond donors (Lipinski definition) is 0. The van der Waals surface area contributed by atoms with Crippen molar-refractivity contribution in [3.05, 3.63) is 11.1 Å². The molecule has 0 N–H and O–H groups in total. The summed E-state index contributed by atoms with van der Waals surface area (Å²) in [5.74, 6) is 1.94. The minimum Gasteiger partial charge on any atom is -0.0705 e. The van der Waals surface area contributed by atoms with E-state index < -0.39 is 0 Å². The fraction of sp³-hybridized carbons (Fsp3) is 0.900. The highest BCUT2D eigenvalue weighted by molar-refractivity contribution is 5.21. The van der Waals surface area contributed by atoms with Crippen molar-refractivity contribution in [2.75, 3.05) is 0 Å². The molecule has 2 rings (SSSR count). The summed E-state index contributed by atoms with van der Waals surface area (Å²) in [5.41, 5.74) is 3.89. The van der Waals surface area contributed by atoms with Gasteiger partial charge in [0.2, 0.25) is 0 Å². The van der Waals surface area contributed by atoms with Gasteiger partial charge in [0.1, 0.15) is 0 Å². The van der Waals surface area contributed by atoms with E-state index in [9.17, 15) is 0 Å². The van der Waals surface area contributed by atoms with Crippen molar-refractivity contribution in [1.82, 2.24) is 0 Å². The van der Waals surface area contributed by atoms with Crippen LogP contribution >= 0.6 is 0 Å². The van der Waals surface area contributed by atoms with Gasteiger partial charge in [-0.25, -0.2) is 0 Å². The first kappa shape index (κ1) is 16.1. The van der Waals surface area contributed by atoms with Crippen molar-refractivity contribution < 1.29 is 0 Å². The molecule has 0 atom stereocenters. The van der Waals surface area contributed by atoms with Gasteiger partial charge in [0.25, 0.3) is 0 Å². The lowest BCUT2D eigenvalue weighted by Gasteiger charge is -2.35. The van der Waals surface area contributed by atoms with Crippen molar-refractivity contribution >= 4 is 0 Å². The maximum atomic E-state index is 2.37. The van der Waals surface area contributed by atoms with Crippen LogP contribution in [0.15, 0.2) is 11.1 Å². The third kappa shape index (κ3) is 4.37. The minimum atomic E-state index is 0.972. The second kappa shape index (κ2) is 8.90. The number of rotatable bonds is 6. The molecule has 20 heavy (non-hydrogen) atoms. The zero-order valence-electron chi connectivity index (χ0n) is 14.1. The number of hydrogen-bond acceptors (Lipinski definition) is 0. The molecule has 2 saturated carbocycles. The minimum absolute atomic E-state index is 0.972. The summed E-state index contributed by atoms with van der Waals surface area (Å²) < 4.78 is 0. The summed E-state index contributed by atoms with van der Waals surface area (Å²) >= 11 is 0. The summed E-state index contributed by atoms with van der Waals surface area (Å²) in [5, 5.41) is 0. The van der Waals surface area contributed by atoms with Crippen LogP contribution < -0.4 is 0 Å². The highest BCUT2D eigenvalue weighted by Crippen LogP contribution is 2.42. The first-order valence-corrected chi connectivity index (χ1v) is 9.58. The first-order chi connectivity index (χ1) is 9.86. The predicted octanol–water partition coefficient (Wildman–Crippen LogP) is 7.04. The van der Waals surface area contributed by atoms with Crippen LogP contribution in [0, 0.1) is 11.8 Å². The highest BCUT2D eigenvalue weighted by atomic mass is 14.3. The Bertz CT molecular complexity index is 259. The molecule has 116 valence electrons. The molecule has 0 aromatic rings. The second-order valence-corrected chi connectivity index (χ2v) is 7.23. The van der Waals surface area contributed by atoms with E-state index in [-0.39, 0.29) is 0 Å². The quantitative estimate of drug-likeness (QED) is 0.456. The molecule has 0 aromatic heterocycles. The van der Waals surface area contributed by atoms with Crippen LogP contribution in [0.3, 0.4) is 0 Å². The van der Waals surface area contributed by atoms with Gasteiger partial charge in [0.05, 0.1) is 0 Å². The summed E-state index contributed by atoms with van der Waals surface area (Å²) in [6.07, 6.45) is 20.4. The van der Waals surface area contributed by atoms with Crippen molar-refractivity contribution in [2.24, 2.45) is 11.8 Å². The van der Waals surface area contributed by atoms with E-state index in [1.54, 1.807) is 0 Å². The van der Waals surface area contributed by atoms with Gasteiger partial charge < -0.3 is 0 Å². The standard InChI is InChI=1S/C20H36/c1-3-11-17(12-4-2)20(18-13-7-5-8-14-18)19-15-9-6-10-16-19/h18-19H,3-16H2,1-2H3. The van der Waals surface area contributed by atoms with E-state index >= 15 is 0 Å². The largest absolute Gasteiger partial charge is 0.0705 e. The van der Waals surface area contributed by atoms with Gasteiger partial charge in [-0.1, -0.05) is 76.4 Å². The highest BCUT2D eigenvalue weighted by Gasteiger charge is 2.27. The maximum absolute atomic E-state index is 2.37. The molecular formula is C20H36. The smallest absolute Gasteiger partial charge is 0.0198 e. The molecular weight excluding hydrogens is 240 g/mol. The molecule has 0 spiro atoms. The van der Waals surface area contributed by atoms with E-state index in [4.69, 9.17) is 0 Å². The average molecular weight is 277 g/mol. The zero-order valence-corrected chi connectivity index (χ0v) is 14.1. The predicted molar refractivity (Wildman–Crippen MR) is 90.0 cm³/mol. The van der Waals surface area contributed by atoms with E-state index in [0.717, 1.165) is 11.8 Å². The Labute approximate surface area is 127 Å². The normalized spacial score (nSPS) is 21.9. The Hall–Kier alpha value is -0.260. The molecule has 2 fully saturated rings. The van der Waals surface area contributed by atoms with Gasteiger partial charge in [0, 0.05) is 0 Å². The molecule has 0 radical (unpaired) electrons. The molecule has 0 heteroatoms. The zero-order chi connectivity index (χ0) is 14.2. The number of allylic oxidation sites excluding steroid dienone is 2. The van der Waals surface area contributed by atoms with Gasteiger partial charge in [-0.2, -0.15) is 0 Å². The molecule has 0 saturated heterocycles. The van der Waals surface area contributed by atoms with Gasteiger partial charge in [-0.05, 0) is 50.4 Å². The third-order valence-corrected chi connectivity index (χ3v) is 5.60. The molecule has 0 unspecified atom stereocenters. The summed E-state index contributed by atoms with van der Waals surface area (Å²) in [7, 11) is 0. The molecule has 2 aliphatic carbocycles. The topological polar surface area (TPSA) is 0 Å². The fourth-order valence-electron chi connectivity index (χ4n) is 4.76. The molecule has 0 aromatic carbocycles. The van der Waals surface area contributed by atoms with Gasteiger partial charge in [0.15, 0.2) is 0 Å². The molecule has 0 bridgehead atoms. The first-order valence-electron chi connectivity index (χ1n) is 9.58. The Morgan fingerprint density at radius 3 is 1.40 bits per heavy atom. The third-order valence-electron chi connectivity index (χ3n) is 5.60. The summed E-state index contributed by atoms with van der Waals surface area (Å²) in [6, 6.07) is 0. The molecule has 0 amide bonds. The second-order valence-electron chi connectivity index (χ2n) is 7.23. The van der Waals surface area contributed by atoms with E-state index in [1.807, 2.05) is 11.1 Å². The monoisotopic (exact) mass is 276 g/mol. The molecule has 0 heterocycles. The van der Waals surface area contributed by atoms with Crippen molar-refractivity contribution in [1.29, 1.82) is 0 Å². The van der Waals surface area contributed by atoms with Crippen LogP contribution in [0.25, 0.3) is 0 Å². The van der Waals surface area contributed by atoms with Crippen LogP contribution in [-0.2, 0) is 0 Å². The van der Waals surface area contributed by atoms with Gasteiger partial charge in [-0.3, -0.25) is 0 Å². The lowest BCUT2D eigenvalue weighted by atomic mass is 9.71. The Kier molecular flexibility index (Phi) is 7.17. The van der Waals surface area contributed by atoms with Crippen LogP contribution in [0.4, 0.5) is 0 Å². The lowest BCUT2D eigenvalue weighted by molar-refractivity contribution is 0.320. The van der Waals surface area contributed by atoms with Crippen molar-refractivity contribution in [2.45, 2.75) is 104 Å². The average Bonchev–Trinajstić information content (AvgIpc) is 2.50. The van der Waals surface area contributed by atoms with E-state index in [2.05, 4.69) is 13.8 Å². The van der Waals surface area contributed by atoms with Crippen LogP contribution in [0.5, 0.6) is 0 Å². The molecule has 0 aliphatic heterocycles. The van der Waals surface area contributed by atoms with Crippen molar-refractivity contribution in [3.63, 3.8) is 0 Å². The van der Waals surface area contributed by atoms with E-state index in [1.165, 1.54) is 89.9 Å². The van der Waals surface area contributed by atoms with Crippen LogP contribution in [0.2, 0.25) is 0 Å². The molecule has 0 nitrogen and oxygen atoms in total. The maximum Gasteiger partial charge on any atom is -0.0198 e. The van der Waals surface area contributed by atoms with E-state index in [0.29, 0.717) is 0 Å². The Morgan fingerprint density at radius 1 is 0.650 bits per heavy atom. The van der Waals surface area contributed by atoms with Crippen LogP contribution in [0.1, 0.15) is 104 Å². The van der Waals surface area contributed by atoms with Gasteiger partial charge in [-0.15, -0.1) is 0 Å². The Balaban J connectivity index is 2.21. The summed E-state index contributed by atoms with van der Waals surface area (Å²) in [6.45, 7) is 4.74. The fourth-order valence-corrected chi connectivity index (χ4v) is 4.76. The van der Waals surface area contributed by atoms with Crippen LogP contribution in [-0.4, -0.2) is 0 Å². The SMILES string of the molecule is CCCC(CCC)=C(C1CCCCC1)C1CCCCC1.